The van der Waals surface area contributed by atoms with E-state index in [0.717, 1.165) is 6.08 Å². The third-order valence-electron chi connectivity index (χ3n) is 1.33. The van der Waals surface area contributed by atoms with E-state index >= 15 is 0 Å². The van der Waals surface area contributed by atoms with Crippen LogP contribution in [-0.4, -0.2) is 23.4 Å². The highest BCUT2D eigenvalue weighted by atomic mass is 16.7. The van der Waals surface area contributed by atoms with Crippen LogP contribution in [0.25, 0.3) is 0 Å². The average Bonchev–Trinajstić information content (AvgIpc) is 2.04. The molecule has 0 spiro atoms. The third kappa shape index (κ3) is 3.15. The first-order chi connectivity index (χ1) is 5.08. The van der Waals surface area contributed by atoms with Gasteiger partial charge in [-0.1, -0.05) is 13.5 Å². The van der Waals surface area contributed by atoms with Gasteiger partial charge < -0.3 is 15.6 Å². The van der Waals surface area contributed by atoms with Gasteiger partial charge in [0, 0.05) is 12.5 Å². The maximum absolute atomic E-state index is 10.6. The Morgan fingerprint density at radius 3 is 2.73 bits per heavy atom. The van der Waals surface area contributed by atoms with E-state index in [9.17, 15) is 9.90 Å². The van der Waals surface area contributed by atoms with Crippen LogP contribution in [0.4, 0.5) is 0 Å². The molecular weight excluding hydrogens is 146 g/mol. The number of ether oxygens (including phenoxy) is 1. The summed E-state index contributed by atoms with van der Waals surface area (Å²) in [5.74, 6) is -2.20. The highest BCUT2D eigenvalue weighted by Crippen LogP contribution is 2.09. The molecule has 64 valence electrons. The van der Waals surface area contributed by atoms with Crippen molar-refractivity contribution in [2.75, 3.05) is 6.54 Å². The van der Waals surface area contributed by atoms with Gasteiger partial charge in [0.25, 0.3) is 0 Å². The number of hydrogen-bond donors (Lipinski definition) is 2. The molecule has 0 aliphatic heterocycles. The van der Waals surface area contributed by atoms with Crippen molar-refractivity contribution in [2.45, 2.75) is 19.1 Å². The zero-order valence-corrected chi connectivity index (χ0v) is 6.54. The van der Waals surface area contributed by atoms with Gasteiger partial charge in [0.15, 0.2) is 0 Å². The normalized spacial score (nSPS) is 15.2. The molecule has 0 aliphatic rings. The second-order valence-electron chi connectivity index (χ2n) is 2.13. The lowest BCUT2D eigenvalue weighted by Crippen LogP contribution is -2.41. The maximum atomic E-state index is 10.6. The maximum Gasteiger partial charge on any atom is 0.332 e. The largest absolute Gasteiger partial charge is 0.429 e. The van der Waals surface area contributed by atoms with Crippen LogP contribution in [0.3, 0.4) is 0 Å². The molecule has 0 aromatic carbocycles. The molecule has 0 saturated carbocycles. The van der Waals surface area contributed by atoms with Gasteiger partial charge in [0.2, 0.25) is 5.79 Å². The van der Waals surface area contributed by atoms with Gasteiger partial charge in [-0.05, 0) is 0 Å². The summed E-state index contributed by atoms with van der Waals surface area (Å²) in [6.07, 6.45) is 1.25. The molecule has 0 aromatic rings. The van der Waals surface area contributed by atoms with Crippen molar-refractivity contribution in [1.29, 1.82) is 0 Å². The fraction of sp³-hybridized carbons (Fsp3) is 0.571. The van der Waals surface area contributed by atoms with Gasteiger partial charge in [0.05, 0.1) is 6.54 Å². The molecule has 4 nitrogen and oxygen atoms in total. The molecule has 0 fully saturated rings. The van der Waals surface area contributed by atoms with E-state index in [-0.39, 0.29) is 13.0 Å². The summed E-state index contributed by atoms with van der Waals surface area (Å²) in [6.45, 7) is 4.75. The summed E-state index contributed by atoms with van der Waals surface area (Å²) in [5, 5.41) is 9.31. The van der Waals surface area contributed by atoms with E-state index in [1.807, 2.05) is 0 Å². The van der Waals surface area contributed by atoms with Crippen LogP contribution in [0.2, 0.25) is 0 Å². The van der Waals surface area contributed by atoms with Crippen molar-refractivity contribution in [2.24, 2.45) is 5.73 Å². The summed E-state index contributed by atoms with van der Waals surface area (Å²) >= 11 is 0. The van der Waals surface area contributed by atoms with Crippen LogP contribution in [0.1, 0.15) is 13.3 Å². The van der Waals surface area contributed by atoms with E-state index in [1.165, 1.54) is 0 Å². The predicted octanol–water partition coefficient (Wildman–Crippen LogP) is -0.227. The number of nitrogens with two attached hydrogens (primary N) is 1. The zero-order valence-electron chi connectivity index (χ0n) is 6.54. The molecule has 0 saturated heterocycles. The molecule has 0 rings (SSSR count). The minimum atomic E-state index is -1.54. The Kier molecular flexibility index (Phi) is 3.78. The van der Waals surface area contributed by atoms with Gasteiger partial charge in [-0.25, -0.2) is 4.79 Å². The topological polar surface area (TPSA) is 72.5 Å². The molecule has 0 amide bonds. The summed E-state index contributed by atoms with van der Waals surface area (Å²) in [5.41, 5.74) is 5.16. The molecule has 0 aliphatic carbocycles. The number of esters is 1. The molecule has 4 heteroatoms. The first-order valence-corrected chi connectivity index (χ1v) is 3.36. The molecule has 11 heavy (non-hydrogen) atoms. The average molecular weight is 159 g/mol. The van der Waals surface area contributed by atoms with Crippen molar-refractivity contribution in [1.82, 2.24) is 0 Å². The van der Waals surface area contributed by atoms with E-state index in [4.69, 9.17) is 5.73 Å². The first-order valence-electron chi connectivity index (χ1n) is 3.36. The van der Waals surface area contributed by atoms with Crippen LogP contribution >= 0.6 is 0 Å². The minimum Gasteiger partial charge on any atom is -0.429 e. The van der Waals surface area contributed by atoms with Gasteiger partial charge in [-0.3, -0.25) is 0 Å². The fourth-order valence-electron chi connectivity index (χ4n) is 0.487. The van der Waals surface area contributed by atoms with Crippen LogP contribution in [0, 0.1) is 0 Å². The van der Waals surface area contributed by atoms with Gasteiger partial charge in [0.1, 0.15) is 0 Å². The van der Waals surface area contributed by atoms with Crippen molar-refractivity contribution in [3.63, 3.8) is 0 Å². The monoisotopic (exact) mass is 159 g/mol. The number of carbonyl (C=O) groups excluding carboxylic acids is 1. The Morgan fingerprint density at radius 2 is 2.45 bits per heavy atom. The lowest BCUT2D eigenvalue weighted by Gasteiger charge is -2.23. The molecule has 0 aromatic heterocycles. The Hall–Kier alpha value is -0.870. The van der Waals surface area contributed by atoms with Gasteiger partial charge >= 0.3 is 5.97 Å². The number of rotatable bonds is 4. The molecule has 1 atom stereocenters. The van der Waals surface area contributed by atoms with Gasteiger partial charge in [-0.15, -0.1) is 0 Å². The second-order valence-corrected chi connectivity index (χ2v) is 2.13. The smallest absolute Gasteiger partial charge is 0.332 e. The Bertz CT molecular complexity index is 152. The van der Waals surface area contributed by atoms with Crippen LogP contribution in [0.5, 0.6) is 0 Å². The lowest BCUT2D eigenvalue weighted by atomic mass is 10.2. The van der Waals surface area contributed by atoms with Crippen LogP contribution < -0.4 is 5.73 Å². The molecule has 3 N–H and O–H groups in total. The number of carbonyl (C=O) groups is 1. The van der Waals surface area contributed by atoms with E-state index in [1.54, 1.807) is 6.92 Å². The van der Waals surface area contributed by atoms with E-state index in [2.05, 4.69) is 11.3 Å². The summed E-state index contributed by atoms with van der Waals surface area (Å²) in [4.78, 5) is 10.6. The zero-order chi connectivity index (χ0) is 8.91. The van der Waals surface area contributed by atoms with E-state index in [0.29, 0.717) is 0 Å². The van der Waals surface area contributed by atoms with Crippen LogP contribution in [0.15, 0.2) is 12.7 Å². The summed E-state index contributed by atoms with van der Waals surface area (Å²) in [7, 11) is 0. The van der Waals surface area contributed by atoms with Crippen molar-refractivity contribution >= 4 is 5.97 Å². The Labute approximate surface area is 65.6 Å². The van der Waals surface area contributed by atoms with Gasteiger partial charge in [-0.2, -0.15) is 0 Å². The number of aliphatic hydroxyl groups is 1. The van der Waals surface area contributed by atoms with Crippen molar-refractivity contribution < 1.29 is 14.6 Å². The number of hydrogen-bond acceptors (Lipinski definition) is 4. The summed E-state index contributed by atoms with van der Waals surface area (Å²) < 4.78 is 4.56. The van der Waals surface area contributed by atoms with Crippen LogP contribution in [-0.2, 0) is 9.53 Å². The quantitative estimate of drug-likeness (QED) is 0.338. The minimum absolute atomic E-state index is 0.108. The molecule has 0 bridgehead atoms. The first kappa shape index (κ1) is 10.1. The summed E-state index contributed by atoms with van der Waals surface area (Å²) in [6, 6.07) is 0. The Morgan fingerprint density at radius 1 is 1.91 bits per heavy atom. The second kappa shape index (κ2) is 4.10. The molecule has 0 heterocycles. The molecule has 1 unspecified atom stereocenters. The SMILES string of the molecule is C=CC(=O)OC(O)(CC)CN. The fourth-order valence-corrected chi connectivity index (χ4v) is 0.487. The predicted molar refractivity (Wildman–Crippen MR) is 40.6 cm³/mol. The molecular formula is C7H13NO3. The van der Waals surface area contributed by atoms with Crippen molar-refractivity contribution in [3.8, 4) is 0 Å². The lowest BCUT2D eigenvalue weighted by molar-refractivity contribution is -0.200. The third-order valence-corrected chi connectivity index (χ3v) is 1.33. The highest BCUT2D eigenvalue weighted by molar-refractivity contribution is 5.81. The highest BCUT2D eigenvalue weighted by Gasteiger charge is 2.26. The van der Waals surface area contributed by atoms with E-state index < -0.39 is 11.8 Å². The standard InChI is InChI=1S/C7H13NO3/c1-3-6(9)11-7(10,4-2)5-8/h3,10H,1,4-5,8H2,2H3. The van der Waals surface area contributed by atoms with Crippen molar-refractivity contribution in [3.05, 3.63) is 12.7 Å². The molecule has 0 radical (unpaired) electrons. The Balaban J connectivity index is 4.06.